The molecule has 2 aliphatic rings. The minimum atomic E-state index is -1.99. The van der Waals surface area contributed by atoms with E-state index in [0.29, 0.717) is 0 Å². The van der Waals surface area contributed by atoms with Crippen LogP contribution in [0.25, 0.3) is 0 Å². The highest BCUT2D eigenvalue weighted by Gasteiger charge is 2.52. The molecule has 0 radical (unpaired) electrons. The predicted molar refractivity (Wildman–Crippen MR) is 50.2 cm³/mol. The molecule has 0 spiro atoms. The maximum Gasteiger partial charge on any atom is 0.0906 e. The molecular formula is C9H17O2P. The zero-order valence-electron chi connectivity index (χ0n) is 7.62. The van der Waals surface area contributed by atoms with Crippen LogP contribution in [0.5, 0.6) is 0 Å². The van der Waals surface area contributed by atoms with Crippen molar-refractivity contribution in [3.63, 3.8) is 0 Å². The second-order valence-corrected chi connectivity index (χ2v) is 7.93. The summed E-state index contributed by atoms with van der Waals surface area (Å²) in [5.41, 5.74) is -0.401. The van der Waals surface area contributed by atoms with Crippen molar-refractivity contribution in [1.29, 1.82) is 0 Å². The molecule has 2 fully saturated rings. The Balaban J connectivity index is 2.28. The maximum absolute atomic E-state index is 12.0. The van der Waals surface area contributed by atoms with E-state index in [4.69, 9.17) is 0 Å². The van der Waals surface area contributed by atoms with Gasteiger partial charge in [0.2, 0.25) is 0 Å². The Hall–Kier alpha value is 0.190. The van der Waals surface area contributed by atoms with Crippen molar-refractivity contribution in [2.45, 2.75) is 43.4 Å². The number of hydrogen-bond donors (Lipinski definition) is 1. The molecule has 0 unspecified atom stereocenters. The van der Waals surface area contributed by atoms with Crippen LogP contribution in [-0.2, 0) is 4.57 Å². The van der Waals surface area contributed by atoms with Crippen LogP contribution < -0.4 is 0 Å². The molecule has 2 nitrogen and oxygen atoms in total. The molecule has 2 rings (SSSR count). The van der Waals surface area contributed by atoms with Crippen molar-refractivity contribution >= 4 is 7.14 Å². The predicted octanol–water partition coefficient (Wildman–Crippen LogP) is 2.06. The summed E-state index contributed by atoms with van der Waals surface area (Å²) in [6, 6.07) is 0. The van der Waals surface area contributed by atoms with Crippen LogP contribution in [0, 0.1) is 0 Å². The first-order valence-corrected chi connectivity index (χ1v) is 7.24. The minimum Gasteiger partial charge on any atom is -0.389 e. The zero-order chi connectivity index (χ0) is 8.82. The Morgan fingerprint density at radius 3 is 2.83 bits per heavy atom. The molecular weight excluding hydrogens is 171 g/mol. The van der Waals surface area contributed by atoms with E-state index in [2.05, 4.69) is 0 Å². The summed E-state index contributed by atoms with van der Waals surface area (Å²) in [4.78, 5) is 0. The Kier molecular flexibility index (Phi) is 1.89. The number of fused-ring (bicyclic) bond motifs is 1. The topological polar surface area (TPSA) is 37.3 Å². The van der Waals surface area contributed by atoms with E-state index < -0.39 is 12.7 Å². The number of aliphatic hydroxyl groups is 1. The molecule has 1 aliphatic carbocycles. The molecule has 0 bridgehead atoms. The fourth-order valence-electron chi connectivity index (χ4n) is 2.85. The van der Waals surface area contributed by atoms with Gasteiger partial charge in [-0.15, -0.1) is 0 Å². The van der Waals surface area contributed by atoms with Gasteiger partial charge in [0, 0.05) is 11.8 Å². The normalized spacial score (nSPS) is 53.7. The summed E-state index contributed by atoms with van der Waals surface area (Å²) in [6.07, 6.45) is 5.71. The average molecular weight is 188 g/mol. The fraction of sp³-hybridized carbons (Fsp3) is 1.00. The number of hydrogen-bond acceptors (Lipinski definition) is 2. The average Bonchev–Trinajstić information content (AvgIpc) is 2.24. The van der Waals surface area contributed by atoms with Crippen molar-refractivity contribution in [2.24, 2.45) is 0 Å². The smallest absolute Gasteiger partial charge is 0.0906 e. The second kappa shape index (κ2) is 2.59. The first-order valence-electron chi connectivity index (χ1n) is 4.83. The SMILES string of the molecule is C[P@@]1(=O)CC[C@@]2(O)CCCC[C@@H]21. The fourth-order valence-corrected chi connectivity index (χ4v) is 6.00. The van der Waals surface area contributed by atoms with E-state index in [1.165, 1.54) is 0 Å². The van der Waals surface area contributed by atoms with Gasteiger partial charge in [-0.1, -0.05) is 12.8 Å². The highest BCUT2D eigenvalue weighted by Crippen LogP contribution is 2.62. The molecule has 12 heavy (non-hydrogen) atoms. The molecule has 1 aliphatic heterocycles. The van der Waals surface area contributed by atoms with Gasteiger partial charge in [0.1, 0.15) is 0 Å². The lowest BCUT2D eigenvalue weighted by Crippen LogP contribution is -2.39. The molecule has 0 aromatic rings. The molecule has 70 valence electrons. The van der Waals surface area contributed by atoms with E-state index in [0.717, 1.165) is 38.3 Å². The molecule has 1 saturated heterocycles. The molecule has 0 amide bonds. The van der Waals surface area contributed by atoms with Gasteiger partial charge in [-0.2, -0.15) is 0 Å². The maximum atomic E-state index is 12.0. The summed E-state index contributed by atoms with van der Waals surface area (Å²) < 4.78 is 12.0. The first kappa shape index (κ1) is 8.77. The van der Waals surface area contributed by atoms with Crippen molar-refractivity contribution in [3.8, 4) is 0 Å². The quantitative estimate of drug-likeness (QED) is 0.591. The van der Waals surface area contributed by atoms with Crippen molar-refractivity contribution in [2.75, 3.05) is 12.8 Å². The lowest BCUT2D eigenvalue weighted by atomic mass is 9.83. The minimum absolute atomic E-state index is 0.138. The van der Waals surface area contributed by atoms with Gasteiger partial charge >= 0.3 is 0 Å². The standard InChI is InChI=1S/C9H17O2P/c1-12(11)7-6-9(10)5-3-2-4-8(9)12/h8,10H,2-7H2,1H3/t8-,9-,12+/m0/s1. The van der Waals surface area contributed by atoms with Gasteiger partial charge in [-0.3, -0.25) is 0 Å². The van der Waals surface area contributed by atoms with E-state index in [-0.39, 0.29) is 5.66 Å². The lowest BCUT2D eigenvalue weighted by Gasteiger charge is -2.35. The summed E-state index contributed by atoms with van der Waals surface area (Å²) >= 11 is 0. The van der Waals surface area contributed by atoms with Crippen LogP contribution >= 0.6 is 7.14 Å². The third-order valence-electron chi connectivity index (χ3n) is 3.61. The molecule has 1 N–H and O–H groups in total. The van der Waals surface area contributed by atoms with E-state index >= 15 is 0 Å². The largest absolute Gasteiger partial charge is 0.389 e. The molecule has 0 aromatic carbocycles. The Morgan fingerprint density at radius 2 is 2.17 bits per heavy atom. The van der Waals surface area contributed by atoms with E-state index in [9.17, 15) is 9.67 Å². The third kappa shape index (κ3) is 1.16. The third-order valence-corrected chi connectivity index (χ3v) is 6.77. The lowest BCUT2D eigenvalue weighted by molar-refractivity contribution is 0.0138. The van der Waals surface area contributed by atoms with Crippen LogP contribution in [0.2, 0.25) is 0 Å². The highest BCUT2D eigenvalue weighted by atomic mass is 31.2. The summed E-state index contributed by atoms with van der Waals surface area (Å²) in [7, 11) is -1.99. The van der Waals surface area contributed by atoms with E-state index in [1.807, 2.05) is 6.66 Å². The first-order chi connectivity index (χ1) is 5.55. The van der Waals surface area contributed by atoms with Crippen LogP contribution in [0.4, 0.5) is 0 Å². The molecule has 3 atom stereocenters. The zero-order valence-corrected chi connectivity index (χ0v) is 8.52. The van der Waals surface area contributed by atoms with Crippen LogP contribution in [0.3, 0.4) is 0 Å². The molecule has 1 heterocycles. The second-order valence-electron chi connectivity index (χ2n) is 4.51. The summed E-state index contributed by atoms with van der Waals surface area (Å²) in [5, 5.41) is 10.2. The Morgan fingerprint density at radius 1 is 1.42 bits per heavy atom. The number of rotatable bonds is 0. The monoisotopic (exact) mass is 188 g/mol. The molecule has 3 heteroatoms. The van der Waals surface area contributed by atoms with Crippen LogP contribution in [0.15, 0.2) is 0 Å². The van der Waals surface area contributed by atoms with E-state index in [1.54, 1.807) is 0 Å². The van der Waals surface area contributed by atoms with Gasteiger partial charge in [-0.25, -0.2) is 0 Å². The molecule has 0 aromatic heterocycles. The van der Waals surface area contributed by atoms with Gasteiger partial charge in [0.15, 0.2) is 0 Å². The van der Waals surface area contributed by atoms with Gasteiger partial charge in [0.05, 0.1) is 12.7 Å². The summed E-state index contributed by atoms with van der Waals surface area (Å²) in [5.74, 6) is 0. The molecule has 1 saturated carbocycles. The summed E-state index contributed by atoms with van der Waals surface area (Å²) in [6.45, 7) is 1.88. The highest BCUT2D eigenvalue weighted by molar-refractivity contribution is 7.64. The Bertz CT molecular complexity index is 239. The van der Waals surface area contributed by atoms with Crippen molar-refractivity contribution < 1.29 is 9.67 Å². The van der Waals surface area contributed by atoms with Gasteiger partial charge in [0.25, 0.3) is 0 Å². The van der Waals surface area contributed by atoms with Gasteiger partial charge in [-0.05, 0) is 25.9 Å². The van der Waals surface area contributed by atoms with Crippen LogP contribution in [-0.4, -0.2) is 29.2 Å². The van der Waals surface area contributed by atoms with Crippen LogP contribution in [0.1, 0.15) is 32.1 Å². The van der Waals surface area contributed by atoms with Gasteiger partial charge < -0.3 is 9.67 Å². The van der Waals surface area contributed by atoms with Crippen molar-refractivity contribution in [1.82, 2.24) is 0 Å². The Labute approximate surface area is 73.7 Å². The van der Waals surface area contributed by atoms with Crippen molar-refractivity contribution in [3.05, 3.63) is 0 Å².